The van der Waals surface area contributed by atoms with Crippen LogP contribution in [0.25, 0.3) is 0 Å². The molecular weight excluding hydrogens is 322 g/mol. The van der Waals surface area contributed by atoms with Crippen molar-refractivity contribution in [3.63, 3.8) is 0 Å². The van der Waals surface area contributed by atoms with Crippen LogP contribution in [0.5, 0.6) is 0 Å². The lowest BCUT2D eigenvalue weighted by Crippen LogP contribution is -2.13. The van der Waals surface area contributed by atoms with Gasteiger partial charge in [-0.2, -0.15) is 0 Å². The first-order valence-electron chi connectivity index (χ1n) is 8.75. The molecule has 0 fully saturated rings. The summed E-state index contributed by atoms with van der Waals surface area (Å²) < 4.78 is 0. The molecule has 1 amide bonds. The van der Waals surface area contributed by atoms with Crippen LogP contribution < -0.4 is 10.6 Å². The van der Waals surface area contributed by atoms with Gasteiger partial charge in [-0.25, -0.2) is 0 Å². The molecule has 4 nitrogen and oxygen atoms in total. The van der Waals surface area contributed by atoms with Gasteiger partial charge in [0.15, 0.2) is 0 Å². The smallest absolute Gasteiger partial charge is 0.257 e. The molecule has 0 bridgehead atoms. The minimum Gasteiger partial charge on any atom is -0.354 e. The quantitative estimate of drug-likeness (QED) is 0.663. The monoisotopic (exact) mass is 345 g/mol. The molecule has 3 aromatic rings. The zero-order chi connectivity index (χ0) is 18.5. The van der Waals surface area contributed by atoms with Crippen molar-refractivity contribution in [2.24, 2.45) is 0 Å². The Kier molecular flexibility index (Phi) is 5.32. The van der Waals surface area contributed by atoms with Gasteiger partial charge in [-0.3, -0.25) is 9.78 Å². The lowest BCUT2D eigenvalue weighted by Gasteiger charge is -2.11. The van der Waals surface area contributed by atoms with Gasteiger partial charge < -0.3 is 10.6 Å². The number of aryl methyl sites for hydroxylation is 3. The molecule has 0 spiro atoms. The topological polar surface area (TPSA) is 54.0 Å². The third-order valence-corrected chi connectivity index (χ3v) is 4.44. The maximum Gasteiger partial charge on any atom is 0.257 e. The summed E-state index contributed by atoms with van der Waals surface area (Å²) in [5, 5.41) is 6.29. The number of hydrogen-bond donors (Lipinski definition) is 2. The van der Waals surface area contributed by atoms with E-state index < -0.39 is 0 Å². The number of hydrogen-bond acceptors (Lipinski definition) is 3. The van der Waals surface area contributed by atoms with Gasteiger partial charge in [-0.1, -0.05) is 31.2 Å². The predicted molar refractivity (Wildman–Crippen MR) is 107 cm³/mol. The van der Waals surface area contributed by atoms with Crippen molar-refractivity contribution >= 4 is 23.0 Å². The van der Waals surface area contributed by atoms with E-state index in [4.69, 9.17) is 0 Å². The summed E-state index contributed by atoms with van der Waals surface area (Å²) in [4.78, 5) is 16.8. The highest BCUT2D eigenvalue weighted by molar-refractivity contribution is 6.05. The molecule has 3 rings (SSSR count). The number of nitrogens with one attached hydrogen (secondary N) is 2. The van der Waals surface area contributed by atoms with E-state index in [0.29, 0.717) is 5.56 Å². The summed E-state index contributed by atoms with van der Waals surface area (Å²) in [5.41, 5.74) is 6.69. The highest BCUT2D eigenvalue weighted by atomic mass is 16.1. The van der Waals surface area contributed by atoms with Crippen LogP contribution >= 0.6 is 0 Å². The molecule has 0 aliphatic carbocycles. The lowest BCUT2D eigenvalue weighted by molar-refractivity contribution is 0.102. The second-order valence-corrected chi connectivity index (χ2v) is 6.35. The number of anilines is 3. The molecule has 26 heavy (non-hydrogen) atoms. The molecular formula is C22H23N3O. The summed E-state index contributed by atoms with van der Waals surface area (Å²) in [5.74, 6) is -0.165. The Morgan fingerprint density at radius 2 is 1.77 bits per heavy atom. The zero-order valence-corrected chi connectivity index (χ0v) is 15.3. The maximum atomic E-state index is 12.6. The standard InChI is InChI=1S/C22H23N3O/c1-4-17-7-5-6-8-21(17)25-22(26)18-12-20(14-23-13-18)24-19-10-9-15(2)16(3)11-19/h5-14,24H,4H2,1-3H3,(H,25,26). The van der Waals surface area contributed by atoms with Crippen LogP contribution in [0.3, 0.4) is 0 Å². The number of para-hydroxylation sites is 1. The van der Waals surface area contributed by atoms with Crippen LogP contribution in [0, 0.1) is 13.8 Å². The Morgan fingerprint density at radius 3 is 2.54 bits per heavy atom. The molecule has 0 radical (unpaired) electrons. The van der Waals surface area contributed by atoms with E-state index in [2.05, 4.69) is 48.5 Å². The average Bonchev–Trinajstić information content (AvgIpc) is 2.65. The summed E-state index contributed by atoms with van der Waals surface area (Å²) in [6.07, 6.45) is 4.16. The van der Waals surface area contributed by atoms with Gasteiger partial charge >= 0.3 is 0 Å². The van der Waals surface area contributed by atoms with Crippen molar-refractivity contribution in [3.8, 4) is 0 Å². The van der Waals surface area contributed by atoms with E-state index in [1.165, 1.54) is 11.1 Å². The third-order valence-electron chi connectivity index (χ3n) is 4.44. The Hall–Kier alpha value is -3.14. The van der Waals surface area contributed by atoms with Crippen LogP contribution in [0.1, 0.15) is 34.0 Å². The normalized spacial score (nSPS) is 10.4. The van der Waals surface area contributed by atoms with Gasteiger partial charge in [-0.15, -0.1) is 0 Å². The van der Waals surface area contributed by atoms with E-state index in [1.54, 1.807) is 12.4 Å². The van der Waals surface area contributed by atoms with Gasteiger partial charge in [-0.05, 0) is 61.2 Å². The number of aromatic nitrogens is 1. The van der Waals surface area contributed by atoms with E-state index >= 15 is 0 Å². The molecule has 1 heterocycles. The SMILES string of the molecule is CCc1ccccc1NC(=O)c1cncc(Nc2ccc(C)c(C)c2)c1. The molecule has 1 aromatic heterocycles. The second kappa shape index (κ2) is 7.83. The Bertz CT molecular complexity index is 934. The second-order valence-electron chi connectivity index (χ2n) is 6.35. The number of carbonyl (C=O) groups excluding carboxylic acids is 1. The molecule has 0 atom stereocenters. The Morgan fingerprint density at radius 1 is 0.962 bits per heavy atom. The molecule has 0 saturated carbocycles. The number of benzene rings is 2. The summed E-state index contributed by atoms with van der Waals surface area (Å²) in [6.45, 7) is 6.23. The highest BCUT2D eigenvalue weighted by Gasteiger charge is 2.10. The van der Waals surface area contributed by atoms with E-state index in [0.717, 1.165) is 29.0 Å². The highest BCUT2D eigenvalue weighted by Crippen LogP contribution is 2.21. The first-order chi connectivity index (χ1) is 12.6. The van der Waals surface area contributed by atoms with E-state index in [9.17, 15) is 4.79 Å². The van der Waals surface area contributed by atoms with E-state index in [-0.39, 0.29) is 5.91 Å². The van der Waals surface area contributed by atoms with Gasteiger partial charge in [0.05, 0.1) is 17.4 Å². The van der Waals surface area contributed by atoms with Crippen LogP contribution in [0.15, 0.2) is 60.9 Å². The molecule has 0 unspecified atom stereocenters. The zero-order valence-electron chi connectivity index (χ0n) is 15.3. The van der Waals surface area contributed by atoms with Crippen LogP contribution in [0.2, 0.25) is 0 Å². The van der Waals surface area contributed by atoms with Crippen LogP contribution in [-0.4, -0.2) is 10.9 Å². The Balaban J connectivity index is 1.78. The number of carbonyl (C=O) groups is 1. The molecule has 0 aliphatic heterocycles. The maximum absolute atomic E-state index is 12.6. The minimum atomic E-state index is -0.165. The van der Waals surface area contributed by atoms with Crippen LogP contribution in [0.4, 0.5) is 17.1 Å². The average molecular weight is 345 g/mol. The van der Waals surface area contributed by atoms with Crippen LogP contribution in [-0.2, 0) is 6.42 Å². The van der Waals surface area contributed by atoms with Crippen molar-refractivity contribution in [1.29, 1.82) is 0 Å². The molecule has 0 aliphatic rings. The number of rotatable bonds is 5. The predicted octanol–water partition coefficient (Wildman–Crippen LogP) is 5.26. The first-order valence-corrected chi connectivity index (χ1v) is 8.75. The fourth-order valence-electron chi connectivity index (χ4n) is 2.76. The number of amides is 1. The lowest BCUT2D eigenvalue weighted by atomic mass is 10.1. The van der Waals surface area contributed by atoms with Crippen molar-refractivity contribution in [2.45, 2.75) is 27.2 Å². The molecule has 4 heteroatoms. The van der Waals surface area contributed by atoms with Gasteiger partial charge in [0.25, 0.3) is 5.91 Å². The first kappa shape index (κ1) is 17.7. The van der Waals surface area contributed by atoms with Gasteiger partial charge in [0.1, 0.15) is 0 Å². The fourth-order valence-corrected chi connectivity index (χ4v) is 2.76. The van der Waals surface area contributed by atoms with Gasteiger partial charge in [0, 0.05) is 17.6 Å². The van der Waals surface area contributed by atoms with Crippen molar-refractivity contribution in [2.75, 3.05) is 10.6 Å². The summed E-state index contributed by atoms with van der Waals surface area (Å²) in [6, 6.07) is 15.8. The largest absolute Gasteiger partial charge is 0.354 e. The Labute approximate surface area is 154 Å². The van der Waals surface area contributed by atoms with E-state index in [1.807, 2.05) is 36.4 Å². The molecule has 2 aromatic carbocycles. The molecule has 132 valence electrons. The fraction of sp³-hybridized carbons (Fsp3) is 0.182. The van der Waals surface area contributed by atoms with Crippen molar-refractivity contribution in [1.82, 2.24) is 4.98 Å². The summed E-state index contributed by atoms with van der Waals surface area (Å²) in [7, 11) is 0. The molecule has 0 saturated heterocycles. The molecule has 2 N–H and O–H groups in total. The third kappa shape index (κ3) is 4.09. The van der Waals surface area contributed by atoms with Gasteiger partial charge in [0.2, 0.25) is 0 Å². The van der Waals surface area contributed by atoms with Crippen molar-refractivity contribution in [3.05, 3.63) is 83.2 Å². The number of nitrogens with zero attached hydrogens (tertiary/aromatic N) is 1. The number of pyridine rings is 1. The summed E-state index contributed by atoms with van der Waals surface area (Å²) >= 11 is 0. The van der Waals surface area contributed by atoms with Crippen molar-refractivity contribution < 1.29 is 4.79 Å². The minimum absolute atomic E-state index is 0.165.